The summed E-state index contributed by atoms with van der Waals surface area (Å²) >= 11 is 1.74. The summed E-state index contributed by atoms with van der Waals surface area (Å²) in [5.41, 5.74) is 2.63. The summed E-state index contributed by atoms with van der Waals surface area (Å²) in [6.45, 7) is 1.90. The summed E-state index contributed by atoms with van der Waals surface area (Å²) in [5.74, 6) is 2.28. The van der Waals surface area contributed by atoms with E-state index in [-0.39, 0.29) is 0 Å². The van der Waals surface area contributed by atoms with Crippen molar-refractivity contribution in [3.63, 3.8) is 0 Å². The monoisotopic (exact) mass is 376 g/mol. The van der Waals surface area contributed by atoms with Crippen LogP contribution < -0.4 is 9.64 Å². The van der Waals surface area contributed by atoms with E-state index in [2.05, 4.69) is 27.4 Å². The standard InChI is InChI=1S/C21H20N4OS/c1-26-19-5-3-2-4-17(19)18-14-27-21(24-18)16-8-10-25(11-9-16)20-7-6-15(12-22)13-23-20/h2-7,13-14,16H,8-11H2,1H3. The Morgan fingerprint density at radius 1 is 1.19 bits per heavy atom. The van der Waals surface area contributed by atoms with Crippen LogP contribution in [-0.2, 0) is 0 Å². The zero-order chi connectivity index (χ0) is 18.6. The number of aromatic nitrogens is 2. The number of methoxy groups -OCH3 is 1. The number of thiazole rings is 1. The van der Waals surface area contributed by atoms with Gasteiger partial charge >= 0.3 is 0 Å². The molecule has 1 fully saturated rings. The molecule has 6 heteroatoms. The number of benzene rings is 1. The number of anilines is 1. The molecule has 5 nitrogen and oxygen atoms in total. The number of pyridine rings is 1. The first-order valence-corrected chi connectivity index (χ1v) is 9.86. The molecule has 0 amide bonds. The van der Waals surface area contributed by atoms with Crippen LogP contribution in [0.25, 0.3) is 11.3 Å². The Balaban J connectivity index is 1.44. The highest BCUT2D eigenvalue weighted by atomic mass is 32.1. The van der Waals surface area contributed by atoms with Crippen molar-refractivity contribution in [2.24, 2.45) is 0 Å². The quantitative estimate of drug-likeness (QED) is 0.672. The maximum Gasteiger partial charge on any atom is 0.128 e. The Morgan fingerprint density at radius 3 is 2.70 bits per heavy atom. The van der Waals surface area contributed by atoms with Gasteiger partial charge in [-0.3, -0.25) is 0 Å². The van der Waals surface area contributed by atoms with Crippen molar-refractivity contribution in [1.82, 2.24) is 9.97 Å². The number of nitriles is 1. The minimum atomic E-state index is 0.480. The Morgan fingerprint density at radius 2 is 2.00 bits per heavy atom. The fourth-order valence-electron chi connectivity index (χ4n) is 3.45. The van der Waals surface area contributed by atoms with E-state index in [0.717, 1.165) is 48.8 Å². The van der Waals surface area contributed by atoms with Crippen LogP contribution in [0.2, 0.25) is 0 Å². The van der Waals surface area contributed by atoms with Crippen LogP contribution in [0.5, 0.6) is 5.75 Å². The first-order valence-electron chi connectivity index (χ1n) is 8.98. The first-order chi connectivity index (χ1) is 13.3. The van der Waals surface area contributed by atoms with Gasteiger partial charge in [0.2, 0.25) is 0 Å². The molecule has 136 valence electrons. The average Bonchev–Trinajstić information content (AvgIpc) is 3.24. The molecular formula is C21H20N4OS. The predicted octanol–water partition coefficient (Wildman–Crippen LogP) is 4.47. The van der Waals surface area contributed by atoms with Crippen LogP contribution in [0.4, 0.5) is 5.82 Å². The number of rotatable bonds is 4. The van der Waals surface area contributed by atoms with E-state index in [4.69, 9.17) is 15.0 Å². The second-order valence-electron chi connectivity index (χ2n) is 6.55. The zero-order valence-corrected chi connectivity index (χ0v) is 15.9. The molecule has 3 aromatic rings. The van der Waals surface area contributed by atoms with Gasteiger partial charge in [-0.25, -0.2) is 9.97 Å². The number of para-hydroxylation sites is 1. The lowest BCUT2D eigenvalue weighted by Gasteiger charge is -2.31. The van der Waals surface area contributed by atoms with Gasteiger partial charge in [-0.2, -0.15) is 5.26 Å². The highest BCUT2D eigenvalue weighted by molar-refractivity contribution is 7.10. The molecule has 0 spiro atoms. The molecule has 1 saturated heterocycles. The maximum atomic E-state index is 8.90. The molecule has 3 heterocycles. The molecule has 0 unspecified atom stereocenters. The number of hydrogen-bond acceptors (Lipinski definition) is 6. The molecule has 1 aliphatic heterocycles. The van der Waals surface area contributed by atoms with Crippen LogP contribution in [0, 0.1) is 11.3 Å². The van der Waals surface area contributed by atoms with Crippen LogP contribution in [-0.4, -0.2) is 30.2 Å². The Kier molecular flexibility index (Phi) is 5.03. The molecule has 0 aliphatic carbocycles. The zero-order valence-electron chi connectivity index (χ0n) is 15.1. The van der Waals surface area contributed by atoms with Gasteiger partial charge in [0.25, 0.3) is 0 Å². The predicted molar refractivity (Wildman–Crippen MR) is 107 cm³/mol. The minimum absolute atomic E-state index is 0.480. The maximum absolute atomic E-state index is 8.90. The molecule has 0 bridgehead atoms. The fourth-order valence-corrected chi connectivity index (χ4v) is 4.44. The molecule has 27 heavy (non-hydrogen) atoms. The van der Waals surface area contributed by atoms with Crippen molar-refractivity contribution in [3.05, 3.63) is 58.5 Å². The van der Waals surface area contributed by atoms with Gasteiger partial charge in [0.05, 0.1) is 23.4 Å². The molecule has 2 aromatic heterocycles. The van der Waals surface area contributed by atoms with Gasteiger partial charge in [0, 0.05) is 36.1 Å². The number of ether oxygens (including phenoxy) is 1. The molecule has 0 radical (unpaired) electrons. The summed E-state index contributed by atoms with van der Waals surface area (Å²) in [6, 6.07) is 13.9. The summed E-state index contributed by atoms with van der Waals surface area (Å²) in [5, 5.41) is 12.2. The van der Waals surface area contributed by atoms with Crippen molar-refractivity contribution in [2.45, 2.75) is 18.8 Å². The van der Waals surface area contributed by atoms with E-state index in [1.165, 1.54) is 5.01 Å². The minimum Gasteiger partial charge on any atom is -0.496 e. The van der Waals surface area contributed by atoms with Crippen LogP contribution in [0.1, 0.15) is 29.3 Å². The highest BCUT2D eigenvalue weighted by Crippen LogP contribution is 2.36. The normalized spacial score (nSPS) is 14.7. The third-order valence-electron chi connectivity index (χ3n) is 4.95. The Labute approximate surface area is 162 Å². The number of nitrogens with zero attached hydrogens (tertiary/aromatic N) is 4. The van der Waals surface area contributed by atoms with E-state index in [9.17, 15) is 0 Å². The van der Waals surface area contributed by atoms with Crippen molar-refractivity contribution in [3.8, 4) is 23.1 Å². The SMILES string of the molecule is COc1ccccc1-c1csc(C2CCN(c3ccc(C#N)cn3)CC2)n1. The average molecular weight is 376 g/mol. The Hall–Kier alpha value is -2.91. The molecule has 1 aromatic carbocycles. The van der Waals surface area contributed by atoms with Gasteiger partial charge in [-0.1, -0.05) is 12.1 Å². The Bertz CT molecular complexity index is 953. The van der Waals surface area contributed by atoms with E-state index in [1.807, 2.05) is 30.3 Å². The molecule has 0 N–H and O–H groups in total. The van der Waals surface area contributed by atoms with Crippen molar-refractivity contribution < 1.29 is 4.74 Å². The first kappa shape index (κ1) is 17.5. The van der Waals surface area contributed by atoms with E-state index < -0.39 is 0 Å². The lowest BCUT2D eigenvalue weighted by Crippen LogP contribution is -2.33. The number of piperidine rings is 1. The smallest absolute Gasteiger partial charge is 0.128 e. The summed E-state index contributed by atoms with van der Waals surface area (Å²) in [7, 11) is 1.69. The third-order valence-corrected chi connectivity index (χ3v) is 5.96. The van der Waals surface area contributed by atoms with Crippen LogP contribution in [0.3, 0.4) is 0 Å². The van der Waals surface area contributed by atoms with Gasteiger partial charge in [-0.05, 0) is 37.1 Å². The summed E-state index contributed by atoms with van der Waals surface area (Å²) < 4.78 is 5.46. The topological polar surface area (TPSA) is 62.0 Å². The van der Waals surface area contributed by atoms with E-state index in [1.54, 1.807) is 24.6 Å². The lowest BCUT2D eigenvalue weighted by molar-refractivity contribution is 0.416. The highest BCUT2D eigenvalue weighted by Gasteiger charge is 2.24. The molecule has 0 atom stereocenters. The second-order valence-corrected chi connectivity index (χ2v) is 7.44. The van der Waals surface area contributed by atoms with Crippen LogP contribution in [0.15, 0.2) is 48.0 Å². The van der Waals surface area contributed by atoms with Gasteiger partial charge < -0.3 is 9.64 Å². The largest absolute Gasteiger partial charge is 0.496 e. The van der Waals surface area contributed by atoms with Gasteiger partial charge in [-0.15, -0.1) is 11.3 Å². The third kappa shape index (κ3) is 3.64. The van der Waals surface area contributed by atoms with E-state index >= 15 is 0 Å². The van der Waals surface area contributed by atoms with Crippen molar-refractivity contribution in [2.75, 3.05) is 25.1 Å². The molecule has 4 rings (SSSR count). The van der Waals surface area contributed by atoms with Crippen molar-refractivity contribution in [1.29, 1.82) is 5.26 Å². The fraction of sp³-hybridized carbons (Fsp3) is 0.286. The van der Waals surface area contributed by atoms with Crippen LogP contribution >= 0.6 is 11.3 Å². The van der Waals surface area contributed by atoms with E-state index in [0.29, 0.717) is 11.5 Å². The second kappa shape index (κ2) is 7.77. The summed E-state index contributed by atoms with van der Waals surface area (Å²) in [6.07, 6.45) is 3.75. The lowest BCUT2D eigenvalue weighted by atomic mass is 9.97. The van der Waals surface area contributed by atoms with Gasteiger partial charge in [0.1, 0.15) is 17.6 Å². The number of hydrogen-bond donors (Lipinski definition) is 0. The molecular weight excluding hydrogens is 356 g/mol. The molecule has 0 saturated carbocycles. The van der Waals surface area contributed by atoms with Gasteiger partial charge in [0.15, 0.2) is 0 Å². The summed E-state index contributed by atoms with van der Waals surface area (Å²) in [4.78, 5) is 11.6. The molecule has 1 aliphatic rings. The van der Waals surface area contributed by atoms with Crippen molar-refractivity contribution >= 4 is 17.2 Å².